The van der Waals surface area contributed by atoms with E-state index in [1.165, 1.54) is 0 Å². The monoisotopic (exact) mass is 254 g/mol. The highest BCUT2D eigenvalue weighted by Gasteiger charge is 2.43. The Hall–Kier alpha value is -1.14. The molecule has 0 radical (unpaired) electrons. The molecule has 1 fully saturated rings. The second kappa shape index (κ2) is 5.24. The SMILES string of the molecule is Cc1ccc(OC2C(C)OC(O)C(O)C2O)cc1. The summed E-state index contributed by atoms with van der Waals surface area (Å²) in [6.45, 7) is 3.64. The first-order chi connectivity index (χ1) is 8.49. The maximum atomic E-state index is 9.88. The molecule has 0 amide bonds. The molecule has 5 nitrogen and oxygen atoms in total. The molecule has 5 atom stereocenters. The topological polar surface area (TPSA) is 79.2 Å². The van der Waals surface area contributed by atoms with Gasteiger partial charge in [0, 0.05) is 0 Å². The summed E-state index contributed by atoms with van der Waals surface area (Å²) in [5.74, 6) is 0.587. The molecule has 18 heavy (non-hydrogen) atoms. The van der Waals surface area contributed by atoms with Crippen LogP contribution in [0.3, 0.4) is 0 Å². The van der Waals surface area contributed by atoms with E-state index < -0.39 is 30.7 Å². The number of aliphatic hydroxyl groups excluding tert-OH is 3. The number of aryl methyl sites for hydroxylation is 1. The quantitative estimate of drug-likeness (QED) is 0.702. The molecule has 1 aliphatic heterocycles. The van der Waals surface area contributed by atoms with Crippen LogP contribution in [0.15, 0.2) is 24.3 Å². The van der Waals surface area contributed by atoms with Crippen molar-refractivity contribution in [2.24, 2.45) is 0 Å². The summed E-state index contributed by atoms with van der Waals surface area (Å²) in [6, 6.07) is 7.35. The Bertz CT molecular complexity index is 391. The fraction of sp³-hybridized carbons (Fsp3) is 0.538. The maximum Gasteiger partial charge on any atom is 0.184 e. The maximum absolute atomic E-state index is 9.88. The van der Waals surface area contributed by atoms with Gasteiger partial charge in [-0.2, -0.15) is 0 Å². The van der Waals surface area contributed by atoms with Crippen molar-refractivity contribution in [3.63, 3.8) is 0 Å². The first kappa shape index (κ1) is 13.3. The van der Waals surface area contributed by atoms with Crippen LogP contribution in [-0.4, -0.2) is 46.0 Å². The number of hydrogen-bond acceptors (Lipinski definition) is 5. The van der Waals surface area contributed by atoms with E-state index in [9.17, 15) is 15.3 Å². The first-order valence-corrected chi connectivity index (χ1v) is 5.92. The molecule has 1 aromatic rings. The Morgan fingerprint density at radius 1 is 1.06 bits per heavy atom. The van der Waals surface area contributed by atoms with Gasteiger partial charge in [0.2, 0.25) is 0 Å². The van der Waals surface area contributed by atoms with Crippen molar-refractivity contribution in [2.75, 3.05) is 0 Å². The summed E-state index contributed by atoms with van der Waals surface area (Å²) in [6.07, 6.45) is -5.17. The van der Waals surface area contributed by atoms with E-state index in [2.05, 4.69) is 0 Å². The van der Waals surface area contributed by atoms with Gasteiger partial charge in [-0.05, 0) is 26.0 Å². The Balaban J connectivity index is 2.10. The number of ether oxygens (including phenoxy) is 2. The van der Waals surface area contributed by atoms with Gasteiger partial charge in [-0.15, -0.1) is 0 Å². The van der Waals surface area contributed by atoms with Gasteiger partial charge in [-0.1, -0.05) is 17.7 Å². The molecule has 5 unspecified atom stereocenters. The van der Waals surface area contributed by atoms with Crippen LogP contribution in [0.25, 0.3) is 0 Å². The number of hydrogen-bond donors (Lipinski definition) is 3. The van der Waals surface area contributed by atoms with Crippen LogP contribution >= 0.6 is 0 Å². The molecule has 3 N–H and O–H groups in total. The van der Waals surface area contributed by atoms with Crippen LogP contribution in [0.5, 0.6) is 5.75 Å². The molecule has 5 heteroatoms. The van der Waals surface area contributed by atoms with Crippen LogP contribution in [0.4, 0.5) is 0 Å². The van der Waals surface area contributed by atoms with Crippen LogP contribution < -0.4 is 4.74 Å². The minimum atomic E-state index is -1.38. The number of aliphatic hydroxyl groups is 3. The molecular formula is C13H18O5. The second-order valence-electron chi connectivity index (χ2n) is 4.61. The summed E-state index contributed by atoms with van der Waals surface area (Å²) in [7, 11) is 0. The van der Waals surface area contributed by atoms with Gasteiger partial charge in [-0.25, -0.2) is 0 Å². The van der Waals surface area contributed by atoms with E-state index in [0.29, 0.717) is 5.75 Å². The van der Waals surface area contributed by atoms with Crippen molar-refractivity contribution in [1.29, 1.82) is 0 Å². The van der Waals surface area contributed by atoms with Crippen LogP contribution in [0.1, 0.15) is 12.5 Å². The smallest absolute Gasteiger partial charge is 0.184 e. The summed E-state index contributed by atoms with van der Waals surface area (Å²) < 4.78 is 10.7. The van der Waals surface area contributed by atoms with Gasteiger partial charge in [0.1, 0.15) is 18.0 Å². The van der Waals surface area contributed by atoms with Crippen molar-refractivity contribution in [2.45, 2.75) is 44.6 Å². The Morgan fingerprint density at radius 2 is 1.67 bits per heavy atom. The second-order valence-corrected chi connectivity index (χ2v) is 4.61. The van der Waals surface area contributed by atoms with Gasteiger partial charge in [0.15, 0.2) is 12.4 Å². The molecule has 1 saturated heterocycles. The van der Waals surface area contributed by atoms with E-state index in [-0.39, 0.29) is 0 Å². The summed E-state index contributed by atoms with van der Waals surface area (Å²) in [5, 5.41) is 28.8. The van der Waals surface area contributed by atoms with Crippen molar-refractivity contribution in [3.8, 4) is 5.75 Å². The molecule has 0 aromatic heterocycles. The fourth-order valence-electron chi connectivity index (χ4n) is 1.96. The molecule has 0 bridgehead atoms. The zero-order valence-corrected chi connectivity index (χ0v) is 10.4. The van der Waals surface area contributed by atoms with E-state index in [4.69, 9.17) is 9.47 Å². The summed E-state index contributed by atoms with van der Waals surface area (Å²) >= 11 is 0. The average Bonchev–Trinajstić information content (AvgIpc) is 2.34. The van der Waals surface area contributed by atoms with E-state index in [1.54, 1.807) is 19.1 Å². The molecule has 1 aromatic carbocycles. The molecule has 1 aliphatic rings. The molecule has 0 aliphatic carbocycles. The van der Waals surface area contributed by atoms with Crippen molar-refractivity contribution < 1.29 is 24.8 Å². The van der Waals surface area contributed by atoms with E-state index in [0.717, 1.165) is 5.56 Å². The fourth-order valence-corrected chi connectivity index (χ4v) is 1.96. The van der Waals surface area contributed by atoms with Gasteiger partial charge < -0.3 is 24.8 Å². The zero-order valence-electron chi connectivity index (χ0n) is 10.4. The lowest BCUT2D eigenvalue weighted by Gasteiger charge is -2.39. The van der Waals surface area contributed by atoms with Gasteiger partial charge in [0.05, 0.1) is 6.10 Å². The van der Waals surface area contributed by atoms with E-state index >= 15 is 0 Å². The van der Waals surface area contributed by atoms with Crippen molar-refractivity contribution >= 4 is 0 Å². The molecule has 0 spiro atoms. The van der Waals surface area contributed by atoms with Crippen LogP contribution in [-0.2, 0) is 4.74 Å². The molecular weight excluding hydrogens is 236 g/mol. The minimum absolute atomic E-state index is 0.514. The Kier molecular flexibility index (Phi) is 3.87. The van der Waals surface area contributed by atoms with Crippen LogP contribution in [0, 0.1) is 6.92 Å². The average molecular weight is 254 g/mol. The lowest BCUT2D eigenvalue weighted by Crippen LogP contribution is -2.58. The molecule has 100 valence electrons. The van der Waals surface area contributed by atoms with Crippen LogP contribution in [0.2, 0.25) is 0 Å². The minimum Gasteiger partial charge on any atom is -0.485 e. The standard InChI is InChI=1S/C13H18O5/c1-7-3-5-9(6-4-7)18-12-8(2)17-13(16)11(15)10(12)14/h3-6,8,10-16H,1-2H3. The third kappa shape index (κ3) is 2.64. The van der Waals surface area contributed by atoms with Crippen molar-refractivity contribution in [3.05, 3.63) is 29.8 Å². The first-order valence-electron chi connectivity index (χ1n) is 5.92. The highest BCUT2D eigenvalue weighted by atomic mass is 16.6. The summed E-state index contributed by atoms with van der Waals surface area (Å²) in [5.41, 5.74) is 1.10. The highest BCUT2D eigenvalue weighted by Crippen LogP contribution is 2.24. The third-order valence-corrected chi connectivity index (χ3v) is 3.09. The third-order valence-electron chi connectivity index (χ3n) is 3.09. The molecule has 2 rings (SSSR count). The largest absolute Gasteiger partial charge is 0.485 e. The lowest BCUT2D eigenvalue weighted by atomic mass is 10.00. The van der Waals surface area contributed by atoms with Gasteiger partial charge in [-0.3, -0.25) is 0 Å². The highest BCUT2D eigenvalue weighted by molar-refractivity contribution is 5.26. The van der Waals surface area contributed by atoms with Gasteiger partial charge >= 0.3 is 0 Å². The predicted molar refractivity (Wildman–Crippen MR) is 64.2 cm³/mol. The Labute approximate surface area is 106 Å². The zero-order chi connectivity index (χ0) is 13.3. The van der Waals surface area contributed by atoms with Crippen molar-refractivity contribution in [1.82, 2.24) is 0 Å². The number of benzene rings is 1. The number of rotatable bonds is 2. The van der Waals surface area contributed by atoms with Gasteiger partial charge in [0.25, 0.3) is 0 Å². The Morgan fingerprint density at radius 3 is 2.28 bits per heavy atom. The summed E-state index contributed by atoms with van der Waals surface area (Å²) in [4.78, 5) is 0. The predicted octanol–water partition coefficient (Wildman–Crippen LogP) is 0.201. The van der Waals surface area contributed by atoms with E-state index in [1.807, 2.05) is 19.1 Å². The molecule has 1 heterocycles. The molecule has 0 saturated carbocycles. The normalized spacial score (nSPS) is 36.4. The lowest BCUT2D eigenvalue weighted by molar-refractivity contribution is -0.273.